The quantitative estimate of drug-likeness (QED) is 0.565. The fourth-order valence-electron chi connectivity index (χ4n) is 3.75. The molecule has 1 aliphatic heterocycles. The third-order valence-electron chi connectivity index (χ3n) is 5.49. The Morgan fingerprint density at radius 3 is 2.31 bits per heavy atom. The maximum Gasteiger partial charge on any atom is 0.418 e. The lowest BCUT2D eigenvalue weighted by Crippen LogP contribution is -2.50. The van der Waals surface area contributed by atoms with Gasteiger partial charge in [-0.15, -0.1) is 0 Å². The molecule has 1 fully saturated rings. The average molecular weight is 484 g/mol. The van der Waals surface area contributed by atoms with Crippen molar-refractivity contribution in [1.29, 1.82) is 0 Å². The number of hydrogen-bond donors (Lipinski definition) is 1. The zero-order chi connectivity index (χ0) is 24.8. The second-order valence-electron chi connectivity index (χ2n) is 7.93. The third-order valence-corrected chi connectivity index (χ3v) is 5.49. The zero-order valence-corrected chi connectivity index (χ0v) is 18.7. The molecule has 1 aliphatic rings. The van der Waals surface area contributed by atoms with Gasteiger partial charge in [0.1, 0.15) is 11.3 Å². The number of pyridine rings is 1. The zero-order valence-electron chi connectivity index (χ0n) is 18.7. The summed E-state index contributed by atoms with van der Waals surface area (Å²) in [5.41, 5.74) is -0.846. The van der Waals surface area contributed by atoms with Crippen LogP contribution in [0, 0.1) is 0 Å². The number of anilines is 1. The highest BCUT2D eigenvalue weighted by Crippen LogP contribution is 2.34. The summed E-state index contributed by atoms with van der Waals surface area (Å²) in [6.07, 6.45) is -3.02. The number of ether oxygens (including phenoxy) is 1. The van der Waals surface area contributed by atoms with Gasteiger partial charge >= 0.3 is 6.18 Å². The fourth-order valence-corrected chi connectivity index (χ4v) is 3.75. The molecule has 1 N–H and O–H groups in total. The fraction of sp³-hybridized carbons (Fsp3) is 0.240. The van der Waals surface area contributed by atoms with Crippen molar-refractivity contribution in [2.75, 3.05) is 38.0 Å². The van der Waals surface area contributed by atoms with Crippen LogP contribution in [0.5, 0.6) is 11.6 Å². The summed E-state index contributed by atoms with van der Waals surface area (Å²) in [6.45, 7) is 1.42. The minimum absolute atomic E-state index is 0.0799. The van der Waals surface area contributed by atoms with Crippen LogP contribution in [0.2, 0.25) is 0 Å². The van der Waals surface area contributed by atoms with E-state index in [1.807, 2.05) is 18.2 Å². The first-order valence-electron chi connectivity index (χ1n) is 11.0. The van der Waals surface area contributed by atoms with Gasteiger partial charge in [-0.05, 0) is 36.4 Å². The van der Waals surface area contributed by atoms with Gasteiger partial charge in [0.15, 0.2) is 0 Å². The van der Waals surface area contributed by atoms with Gasteiger partial charge in [0.2, 0.25) is 11.8 Å². The average Bonchev–Trinajstić information content (AvgIpc) is 2.85. The number of aromatic nitrogens is 1. The summed E-state index contributed by atoms with van der Waals surface area (Å²) < 4.78 is 45.2. The maximum atomic E-state index is 13.2. The van der Waals surface area contributed by atoms with Gasteiger partial charge in [-0.25, -0.2) is 4.98 Å². The molecule has 0 spiro atoms. The molecule has 7 nitrogen and oxygen atoms in total. The van der Waals surface area contributed by atoms with Crippen molar-refractivity contribution in [2.24, 2.45) is 0 Å². The smallest absolute Gasteiger partial charge is 0.418 e. The predicted molar refractivity (Wildman–Crippen MR) is 123 cm³/mol. The van der Waals surface area contributed by atoms with E-state index in [0.717, 1.165) is 6.07 Å². The van der Waals surface area contributed by atoms with E-state index >= 15 is 0 Å². The first kappa shape index (κ1) is 24.2. The normalized spacial score (nSPS) is 14.4. The number of rotatable bonds is 6. The molecule has 0 bridgehead atoms. The van der Waals surface area contributed by atoms with E-state index in [0.29, 0.717) is 37.5 Å². The molecule has 0 atom stereocenters. The summed E-state index contributed by atoms with van der Waals surface area (Å²) >= 11 is 0. The molecular weight excluding hydrogens is 461 g/mol. The molecule has 0 unspecified atom stereocenters. The predicted octanol–water partition coefficient (Wildman–Crippen LogP) is 4.29. The Kier molecular flexibility index (Phi) is 7.31. The van der Waals surface area contributed by atoms with Crippen molar-refractivity contribution in [3.8, 4) is 11.6 Å². The van der Waals surface area contributed by atoms with Gasteiger partial charge in [-0.3, -0.25) is 14.5 Å². The highest BCUT2D eigenvalue weighted by Gasteiger charge is 2.34. The molecule has 35 heavy (non-hydrogen) atoms. The van der Waals surface area contributed by atoms with E-state index in [2.05, 4.69) is 10.3 Å². The first-order valence-corrected chi connectivity index (χ1v) is 11.0. The number of hydrogen-bond acceptors (Lipinski definition) is 5. The minimum Gasteiger partial charge on any atom is -0.438 e. The van der Waals surface area contributed by atoms with Gasteiger partial charge in [-0.1, -0.05) is 30.3 Å². The standard InChI is InChI=1S/C25H23F3N4O3/c26-25(27,28)20-10-4-5-11-21(20)30-22(33)17-31-13-15-32(16-14-31)24(34)19-9-6-12-29-23(19)35-18-7-2-1-3-8-18/h1-12H,13-17H2,(H,30,33). The van der Waals surface area contributed by atoms with Crippen molar-refractivity contribution in [1.82, 2.24) is 14.8 Å². The van der Waals surface area contributed by atoms with Crippen LogP contribution in [0.4, 0.5) is 18.9 Å². The van der Waals surface area contributed by atoms with Crippen LogP contribution in [0.25, 0.3) is 0 Å². The van der Waals surface area contributed by atoms with Crippen LogP contribution >= 0.6 is 0 Å². The third kappa shape index (κ3) is 6.15. The Morgan fingerprint density at radius 2 is 1.60 bits per heavy atom. The molecule has 2 heterocycles. The highest BCUT2D eigenvalue weighted by atomic mass is 19.4. The number of nitrogens with one attached hydrogen (secondary N) is 1. The molecule has 3 aromatic rings. The van der Waals surface area contributed by atoms with Gasteiger partial charge in [0.25, 0.3) is 5.91 Å². The molecular formula is C25H23F3N4O3. The lowest BCUT2D eigenvalue weighted by molar-refractivity contribution is -0.137. The monoisotopic (exact) mass is 484 g/mol. The number of carbonyl (C=O) groups is 2. The summed E-state index contributed by atoms with van der Waals surface area (Å²) in [5, 5.41) is 2.35. The summed E-state index contributed by atoms with van der Waals surface area (Å²) in [5.74, 6) is -0.0310. The number of para-hydroxylation sites is 2. The molecule has 10 heteroatoms. The van der Waals surface area contributed by atoms with Crippen LogP contribution in [-0.2, 0) is 11.0 Å². The first-order chi connectivity index (χ1) is 16.8. The van der Waals surface area contributed by atoms with Crippen molar-refractivity contribution < 1.29 is 27.5 Å². The second-order valence-corrected chi connectivity index (χ2v) is 7.93. The Labute approximate surface area is 200 Å². The van der Waals surface area contributed by atoms with Gasteiger partial charge in [0, 0.05) is 32.4 Å². The molecule has 1 aromatic heterocycles. The summed E-state index contributed by atoms with van der Waals surface area (Å²) in [4.78, 5) is 33.1. The van der Waals surface area contributed by atoms with E-state index in [1.165, 1.54) is 18.2 Å². The Hall–Kier alpha value is -3.92. The number of nitrogens with zero attached hydrogens (tertiary/aromatic N) is 3. The Balaban J connectivity index is 1.34. The molecule has 4 rings (SSSR count). The second kappa shape index (κ2) is 10.6. The van der Waals surface area contributed by atoms with Crippen molar-refractivity contribution >= 4 is 17.5 Å². The number of alkyl halides is 3. The van der Waals surface area contributed by atoms with E-state index in [-0.39, 0.29) is 24.0 Å². The lowest BCUT2D eigenvalue weighted by Gasteiger charge is -2.34. The molecule has 0 radical (unpaired) electrons. The highest BCUT2D eigenvalue weighted by molar-refractivity contribution is 5.96. The largest absolute Gasteiger partial charge is 0.438 e. The van der Waals surface area contributed by atoms with Crippen molar-refractivity contribution in [3.05, 3.63) is 84.1 Å². The number of piperazine rings is 1. The number of carbonyl (C=O) groups excluding carboxylic acids is 2. The SMILES string of the molecule is O=C(CN1CCN(C(=O)c2cccnc2Oc2ccccc2)CC1)Nc1ccccc1C(F)(F)F. The molecule has 2 amide bonds. The lowest BCUT2D eigenvalue weighted by atomic mass is 10.1. The molecule has 0 saturated carbocycles. The van der Waals surface area contributed by atoms with Crippen LogP contribution in [-0.4, -0.2) is 59.3 Å². The van der Waals surface area contributed by atoms with Crippen LogP contribution < -0.4 is 10.1 Å². The van der Waals surface area contributed by atoms with E-state index in [9.17, 15) is 22.8 Å². The molecule has 182 valence electrons. The molecule has 1 saturated heterocycles. The van der Waals surface area contributed by atoms with Crippen molar-refractivity contribution in [2.45, 2.75) is 6.18 Å². The number of halogens is 3. The van der Waals surface area contributed by atoms with Crippen LogP contribution in [0.1, 0.15) is 15.9 Å². The summed E-state index contributed by atoms with van der Waals surface area (Å²) in [7, 11) is 0. The summed E-state index contributed by atoms with van der Waals surface area (Å²) in [6, 6.07) is 17.2. The van der Waals surface area contributed by atoms with E-state index < -0.39 is 17.6 Å². The van der Waals surface area contributed by atoms with Gasteiger partial charge in [-0.2, -0.15) is 13.2 Å². The van der Waals surface area contributed by atoms with Gasteiger partial charge < -0.3 is 15.0 Å². The topological polar surface area (TPSA) is 74.8 Å². The van der Waals surface area contributed by atoms with Crippen LogP contribution in [0.15, 0.2) is 72.9 Å². The Bertz CT molecular complexity index is 1180. The Morgan fingerprint density at radius 1 is 0.914 bits per heavy atom. The minimum atomic E-state index is -4.56. The van der Waals surface area contributed by atoms with E-state index in [4.69, 9.17) is 4.74 Å². The van der Waals surface area contributed by atoms with Crippen molar-refractivity contribution in [3.63, 3.8) is 0 Å². The molecule has 2 aromatic carbocycles. The van der Waals surface area contributed by atoms with Gasteiger partial charge in [0.05, 0.1) is 17.8 Å². The molecule has 0 aliphatic carbocycles. The van der Waals surface area contributed by atoms with Crippen LogP contribution in [0.3, 0.4) is 0 Å². The maximum absolute atomic E-state index is 13.2. The van der Waals surface area contributed by atoms with E-state index in [1.54, 1.807) is 40.3 Å². The number of amides is 2. The number of benzene rings is 2.